The number of allylic oxidation sites excluding steroid dienone is 2. The molecule has 0 bridgehead atoms. The van der Waals surface area contributed by atoms with Gasteiger partial charge in [0, 0.05) is 12.6 Å². The summed E-state index contributed by atoms with van der Waals surface area (Å²) in [4.78, 5) is 0. The van der Waals surface area contributed by atoms with Crippen LogP contribution in [0.2, 0.25) is 0 Å². The standard InChI is InChI=1S/C8H13N/c1-3-7(2)4-5-8-6-9-8/h3,8-9H,1-2,4-6H2. The van der Waals surface area contributed by atoms with Gasteiger partial charge in [0.25, 0.3) is 0 Å². The van der Waals surface area contributed by atoms with Crippen molar-refractivity contribution in [2.75, 3.05) is 6.54 Å². The minimum absolute atomic E-state index is 0.779. The van der Waals surface area contributed by atoms with E-state index in [2.05, 4.69) is 18.5 Å². The number of hydrogen-bond donors (Lipinski definition) is 1. The van der Waals surface area contributed by atoms with Crippen molar-refractivity contribution in [3.8, 4) is 0 Å². The van der Waals surface area contributed by atoms with Crippen molar-refractivity contribution in [1.29, 1.82) is 0 Å². The molecule has 1 nitrogen and oxygen atoms in total. The highest BCUT2D eigenvalue weighted by molar-refractivity contribution is 5.11. The molecule has 1 unspecified atom stereocenters. The molecule has 1 heterocycles. The first kappa shape index (κ1) is 6.56. The van der Waals surface area contributed by atoms with E-state index in [-0.39, 0.29) is 0 Å². The summed E-state index contributed by atoms with van der Waals surface area (Å²) < 4.78 is 0. The maximum absolute atomic E-state index is 3.83. The van der Waals surface area contributed by atoms with Crippen molar-refractivity contribution < 1.29 is 0 Å². The lowest BCUT2D eigenvalue weighted by molar-refractivity contribution is 0.807. The van der Waals surface area contributed by atoms with Gasteiger partial charge in [-0.05, 0) is 12.8 Å². The Morgan fingerprint density at radius 3 is 2.89 bits per heavy atom. The lowest BCUT2D eigenvalue weighted by Gasteiger charge is -1.94. The fraction of sp³-hybridized carbons (Fsp3) is 0.500. The number of rotatable bonds is 4. The molecule has 50 valence electrons. The van der Waals surface area contributed by atoms with Crippen LogP contribution in [0.4, 0.5) is 0 Å². The second-order valence-corrected chi connectivity index (χ2v) is 2.51. The average Bonchev–Trinajstić information content (AvgIpc) is 2.65. The highest BCUT2D eigenvalue weighted by Gasteiger charge is 2.18. The van der Waals surface area contributed by atoms with E-state index in [1.807, 2.05) is 6.08 Å². The van der Waals surface area contributed by atoms with Crippen molar-refractivity contribution >= 4 is 0 Å². The fourth-order valence-corrected chi connectivity index (χ4v) is 0.749. The zero-order chi connectivity index (χ0) is 6.69. The van der Waals surface area contributed by atoms with E-state index >= 15 is 0 Å². The molecule has 0 spiro atoms. The summed E-state index contributed by atoms with van der Waals surface area (Å²) >= 11 is 0. The van der Waals surface area contributed by atoms with Gasteiger partial charge in [-0.2, -0.15) is 0 Å². The Balaban J connectivity index is 2.02. The molecule has 0 aromatic carbocycles. The van der Waals surface area contributed by atoms with Gasteiger partial charge in [0.1, 0.15) is 0 Å². The first-order valence-corrected chi connectivity index (χ1v) is 3.36. The third-order valence-corrected chi connectivity index (χ3v) is 1.60. The van der Waals surface area contributed by atoms with Crippen LogP contribution in [0.1, 0.15) is 12.8 Å². The molecule has 1 heteroatoms. The van der Waals surface area contributed by atoms with Gasteiger partial charge in [-0.3, -0.25) is 0 Å². The summed E-state index contributed by atoms with van der Waals surface area (Å²) in [6.45, 7) is 8.66. The van der Waals surface area contributed by atoms with E-state index in [9.17, 15) is 0 Å². The van der Waals surface area contributed by atoms with Gasteiger partial charge in [0.05, 0.1) is 0 Å². The van der Waals surface area contributed by atoms with Crippen LogP contribution in [0, 0.1) is 0 Å². The third kappa shape index (κ3) is 2.47. The van der Waals surface area contributed by atoms with Crippen LogP contribution in [0.15, 0.2) is 24.8 Å². The molecule has 1 rings (SSSR count). The zero-order valence-electron chi connectivity index (χ0n) is 5.69. The summed E-state index contributed by atoms with van der Waals surface area (Å²) in [6.07, 6.45) is 4.16. The monoisotopic (exact) mass is 123 g/mol. The molecule has 0 aromatic rings. The van der Waals surface area contributed by atoms with Gasteiger partial charge in [-0.25, -0.2) is 0 Å². The van der Waals surface area contributed by atoms with Crippen molar-refractivity contribution in [1.82, 2.24) is 5.32 Å². The molecule has 1 aliphatic heterocycles. The zero-order valence-corrected chi connectivity index (χ0v) is 5.69. The number of nitrogens with one attached hydrogen (secondary N) is 1. The van der Waals surface area contributed by atoms with E-state index in [0.29, 0.717) is 0 Å². The SMILES string of the molecule is C=CC(=C)CCC1CN1. The van der Waals surface area contributed by atoms with Crippen LogP contribution in [0.5, 0.6) is 0 Å². The molecule has 1 aliphatic rings. The summed E-state index contributed by atoms with van der Waals surface area (Å²) in [7, 11) is 0. The van der Waals surface area contributed by atoms with Gasteiger partial charge >= 0.3 is 0 Å². The van der Waals surface area contributed by atoms with Crippen molar-refractivity contribution in [2.45, 2.75) is 18.9 Å². The molecule has 0 saturated carbocycles. The molecular weight excluding hydrogens is 110 g/mol. The minimum atomic E-state index is 0.779. The molecule has 1 N–H and O–H groups in total. The lowest BCUT2D eigenvalue weighted by atomic mass is 10.1. The topological polar surface area (TPSA) is 21.9 Å². The van der Waals surface area contributed by atoms with Gasteiger partial charge in [-0.15, -0.1) is 0 Å². The fourth-order valence-electron chi connectivity index (χ4n) is 0.749. The molecular formula is C8H13N. The van der Waals surface area contributed by atoms with Crippen LogP contribution >= 0.6 is 0 Å². The molecule has 1 fully saturated rings. The summed E-state index contributed by atoms with van der Waals surface area (Å²) in [5, 5.41) is 3.24. The predicted octanol–water partition coefficient (Wildman–Crippen LogP) is 1.48. The molecule has 0 amide bonds. The molecule has 0 radical (unpaired) electrons. The molecule has 9 heavy (non-hydrogen) atoms. The summed E-state index contributed by atoms with van der Waals surface area (Å²) in [5.74, 6) is 0. The molecule has 1 atom stereocenters. The van der Waals surface area contributed by atoms with Crippen LogP contribution in [0.25, 0.3) is 0 Å². The maximum Gasteiger partial charge on any atom is 0.0196 e. The van der Waals surface area contributed by atoms with Gasteiger partial charge < -0.3 is 5.32 Å². The normalized spacial score (nSPS) is 23.3. The van der Waals surface area contributed by atoms with E-state index < -0.39 is 0 Å². The second kappa shape index (κ2) is 2.83. The van der Waals surface area contributed by atoms with Crippen LogP contribution in [-0.2, 0) is 0 Å². The van der Waals surface area contributed by atoms with Crippen LogP contribution in [-0.4, -0.2) is 12.6 Å². The lowest BCUT2D eigenvalue weighted by Crippen LogP contribution is -1.89. The second-order valence-electron chi connectivity index (χ2n) is 2.51. The quantitative estimate of drug-likeness (QED) is 0.444. The first-order chi connectivity index (χ1) is 4.33. The van der Waals surface area contributed by atoms with Crippen molar-refractivity contribution in [3.05, 3.63) is 24.8 Å². The van der Waals surface area contributed by atoms with Crippen LogP contribution < -0.4 is 5.32 Å². The predicted molar refractivity (Wildman–Crippen MR) is 40.4 cm³/mol. The Hall–Kier alpha value is -0.560. The largest absolute Gasteiger partial charge is 0.311 e. The Morgan fingerprint density at radius 2 is 2.44 bits per heavy atom. The van der Waals surface area contributed by atoms with E-state index in [1.54, 1.807) is 0 Å². The Labute approximate surface area is 56.5 Å². The highest BCUT2D eigenvalue weighted by Crippen LogP contribution is 2.10. The maximum atomic E-state index is 3.83. The van der Waals surface area contributed by atoms with Crippen LogP contribution in [0.3, 0.4) is 0 Å². The third-order valence-electron chi connectivity index (χ3n) is 1.60. The summed E-state index contributed by atoms with van der Waals surface area (Å²) in [6, 6.07) is 0.779. The van der Waals surface area contributed by atoms with Gasteiger partial charge in [-0.1, -0.05) is 24.8 Å². The Bertz CT molecular complexity index is 123. The van der Waals surface area contributed by atoms with E-state index in [0.717, 1.165) is 18.0 Å². The molecule has 1 saturated heterocycles. The van der Waals surface area contributed by atoms with Crippen molar-refractivity contribution in [2.24, 2.45) is 0 Å². The van der Waals surface area contributed by atoms with E-state index in [1.165, 1.54) is 13.0 Å². The van der Waals surface area contributed by atoms with Gasteiger partial charge in [0.2, 0.25) is 0 Å². The average molecular weight is 123 g/mol. The Morgan fingerprint density at radius 1 is 1.78 bits per heavy atom. The summed E-state index contributed by atoms with van der Waals surface area (Å²) in [5.41, 5.74) is 1.16. The first-order valence-electron chi connectivity index (χ1n) is 3.36. The molecule has 0 aromatic heterocycles. The highest BCUT2D eigenvalue weighted by atomic mass is 15.1. The van der Waals surface area contributed by atoms with Crippen molar-refractivity contribution in [3.63, 3.8) is 0 Å². The molecule has 0 aliphatic carbocycles. The minimum Gasteiger partial charge on any atom is -0.311 e. The van der Waals surface area contributed by atoms with E-state index in [4.69, 9.17) is 0 Å². The smallest absolute Gasteiger partial charge is 0.0196 e. The number of hydrogen-bond acceptors (Lipinski definition) is 1. The Kier molecular flexibility index (Phi) is 2.06. The van der Waals surface area contributed by atoms with Gasteiger partial charge in [0.15, 0.2) is 0 Å².